The first-order chi connectivity index (χ1) is 10.5. The highest BCUT2D eigenvalue weighted by atomic mass is 79.9. The maximum atomic E-state index is 12.0. The Labute approximate surface area is 137 Å². The zero-order chi connectivity index (χ0) is 16.5. The minimum absolute atomic E-state index is 0.253. The molecule has 0 aliphatic rings. The Kier molecular flexibility index (Phi) is 7.45. The van der Waals surface area contributed by atoms with Crippen LogP contribution >= 0.6 is 15.9 Å². The molecule has 0 saturated heterocycles. The zero-order valence-corrected chi connectivity index (χ0v) is 14.1. The number of hydrogen-bond donors (Lipinski definition) is 1. The number of rotatable bonds is 8. The van der Waals surface area contributed by atoms with Crippen LogP contribution in [-0.4, -0.2) is 38.7 Å². The predicted octanol–water partition coefficient (Wildman–Crippen LogP) is 2.32. The van der Waals surface area contributed by atoms with Crippen LogP contribution in [-0.2, 0) is 9.53 Å². The fourth-order valence-corrected chi connectivity index (χ4v) is 2.13. The van der Waals surface area contributed by atoms with E-state index in [2.05, 4.69) is 27.8 Å². The molecule has 1 aromatic carbocycles. The summed E-state index contributed by atoms with van der Waals surface area (Å²) in [5.41, 5.74) is 0.253. The number of amides is 1. The highest BCUT2D eigenvalue weighted by Gasteiger charge is 2.17. The van der Waals surface area contributed by atoms with Crippen molar-refractivity contribution in [2.75, 3.05) is 26.9 Å². The lowest BCUT2D eigenvalue weighted by atomic mass is 10.2. The number of benzene rings is 1. The number of carbonyl (C=O) groups excluding carboxylic acids is 2. The Morgan fingerprint density at radius 2 is 2.14 bits per heavy atom. The molecule has 0 atom stereocenters. The largest absolute Gasteiger partial charge is 0.493 e. The van der Waals surface area contributed by atoms with E-state index in [9.17, 15) is 9.59 Å². The van der Waals surface area contributed by atoms with Gasteiger partial charge in [-0.1, -0.05) is 6.08 Å². The fraction of sp³-hybridized carbons (Fsp3) is 0.333. The van der Waals surface area contributed by atoms with Crippen molar-refractivity contribution >= 4 is 27.8 Å². The van der Waals surface area contributed by atoms with Gasteiger partial charge < -0.3 is 19.5 Å². The average molecular weight is 372 g/mol. The van der Waals surface area contributed by atoms with Crippen molar-refractivity contribution in [3.05, 3.63) is 34.8 Å². The molecule has 0 bridgehead atoms. The number of methoxy groups -OCH3 is 1. The first kappa shape index (κ1) is 18.0. The van der Waals surface area contributed by atoms with Crippen LogP contribution in [0.1, 0.15) is 17.3 Å². The molecule has 1 rings (SSSR count). The van der Waals surface area contributed by atoms with Gasteiger partial charge in [0.15, 0.2) is 18.1 Å². The van der Waals surface area contributed by atoms with Gasteiger partial charge in [0.2, 0.25) is 0 Å². The lowest BCUT2D eigenvalue weighted by Gasteiger charge is -2.13. The van der Waals surface area contributed by atoms with E-state index in [-0.39, 0.29) is 12.2 Å². The molecule has 0 aliphatic carbocycles. The van der Waals surface area contributed by atoms with Crippen LogP contribution in [0.25, 0.3) is 0 Å². The normalized spacial score (nSPS) is 9.77. The Morgan fingerprint density at radius 1 is 1.41 bits per heavy atom. The van der Waals surface area contributed by atoms with Gasteiger partial charge >= 0.3 is 5.97 Å². The molecule has 0 saturated carbocycles. The molecular formula is C15H18BrNO5. The predicted molar refractivity (Wildman–Crippen MR) is 85.4 cm³/mol. The number of nitrogens with one attached hydrogen (secondary N) is 1. The molecule has 0 heterocycles. The van der Waals surface area contributed by atoms with E-state index in [0.29, 0.717) is 29.1 Å². The van der Waals surface area contributed by atoms with Gasteiger partial charge in [-0.3, -0.25) is 4.79 Å². The SMILES string of the molecule is C=CCNC(=O)COC(=O)c1cc(Br)c(OCC)c(OC)c1. The van der Waals surface area contributed by atoms with E-state index < -0.39 is 11.9 Å². The maximum Gasteiger partial charge on any atom is 0.338 e. The third kappa shape index (κ3) is 5.07. The van der Waals surface area contributed by atoms with E-state index in [1.54, 1.807) is 6.07 Å². The highest BCUT2D eigenvalue weighted by Crippen LogP contribution is 2.36. The van der Waals surface area contributed by atoms with Crippen molar-refractivity contribution in [3.8, 4) is 11.5 Å². The van der Waals surface area contributed by atoms with Crippen molar-refractivity contribution in [2.24, 2.45) is 0 Å². The summed E-state index contributed by atoms with van der Waals surface area (Å²) in [5, 5.41) is 2.51. The monoisotopic (exact) mass is 371 g/mol. The summed E-state index contributed by atoms with van der Waals surface area (Å²) in [6.45, 7) is 5.73. The Hall–Kier alpha value is -2.02. The number of ether oxygens (including phenoxy) is 3. The van der Waals surface area contributed by atoms with E-state index in [1.807, 2.05) is 6.92 Å². The fourth-order valence-electron chi connectivity index (χ4n) is 1.57. The summed E-state index contributed by atoms with van der Waals surface area (Å²) in [6.07, 6.45) is 1.54. The van der Waals surface area contributed by atoms with Gasteiger partial charge in [-0.15, -0.1) is 6.58 Å². The second-order valence-electron chi connectivity index (χ2n) is 4.09. The van der Waals surface area contributed by atoms with Gasteiger partial charge in [0, 0.05) is 6.54 Å². The summed E-state index contributed by atoms with van der Waals surface area (Å²) >= 11 is 3.32. The summed E-state index contributed by atoms with van der Waals surface area (Å²) in [4.78, 5) is 23.3. The summed E-state index contributed by atoms with van der Waals surface area (Å²) in [6, 6.07) is 3.05. The highest BCUT2D eigenvalue weighted by molar-refractivity contribution is 9.10. The van der Waals surface area contributed by atoms with Gasteiger partial charge in [0.05, 0.1) is 23.8 Å². The second kappa shape index (κ2) is 9.09. The molecule has 1 amide bonds. The Balaban J connectivity index is 2.79. The van der Waals surface area contributed by atoms with Crippen molar-refractivity contribution in [1.29, 1.82) is 0 Å². The second-order valence-corrected chi connectivity index (χ2v) is 4.95. The van der Waals surface area contributed by atoms with Crippen LogP contribution in [0.2, 0.25) is 0 Å². The smallest absolute Gasteiger partial charge is 0.338 e. The summed E-state index contributed by atoms with van der Waals surface area (Å²) in [7, 11) is 1.47. The minimum atomic E-state index is -0.629. The molecule has 7 heteroatoms. The first-order valence-electron chi connectivity index (χ1n) is 6.58. The van der Waals surface area contributed by atoms with Crippen molar-refractivity contribution in [1.82, 2.24) is 5.32 Å². The molecule has 0 radical (unpaired) electrons. The van der Waals surface area contributed by atoms with E-state index in [4.69, 9.17) is 14.2 Å². The number of halogens is 1. The molecule has 0 unspecified atom stereocenters. The lowest BCUT2D eigenvalue weighted by molar-refractivity contribution is -0.124. The Bertz CT molecular complexity index is 559. The van der Waals surface area contributed by atoms with Gasteiger partial charge in [-0.05, 0) is 35.0 Å². The average Bonchev–Trinajstić information content (AvgIpc) is 2.52. The summed E-state index contributed by atoms with van der Waals surface area (Å²) in [5.74, 6) is -0.120. The zero-order valence-electron chi connectivity index (χ0n) is 12.5. The quantitative estimate of drug-likeness (QED) is 0.560. The van der Waals surface area contributed by atoms with Crippen LogP contribution in [0, 0.1) is 0 Å². The third-order valence-corrected chi connectivity index (χ3v) is 3.12. The van der Waals surface area contributed by atoms with Crippen LogP contribution in [0.5, 0.6) is 11.5 Å². The molecular weight excluding hydrogens is 354 g/mol. The van der Waals surface area contributed by atoms with Crippen LogP contribution in [0.4, 0.5) is 0 Å². The van der Waals surface area contributed by atoms with Gasteiger partial charge in [-0.2, -0.15) is 0 Å². The van der Waals surface area contributed by atoms with Crippen molar-refractivity contribution < 1.29 is 23.8 Å². The van der Waals surface area contributed by atoms with Crippen LogP contribution < -0.4 is 14.8 Å². The third-order valence-electron chi connectivity index (χ3n) is 2.53. The Morgan fingerprint density at radius 3 is 2.73 bits per heavy atom. The molecule has 22 heavy (non-hydrogen) atoms. The molecule has 0 spiro atoms. The summed E-state index contributed by atoms with van der Waals surface area (Å²) < 4.78 is 16.1. The molecule has 0 fully saturated rings. The van der Waals surface area contributed by atoms with E-state index >= 15 is 0 Å². The molecule has 1 aromatic rings. The van der Waals surface area contributed by atoms with E-state index in [1.165, 1.54) is 19.3 Å². The van der Waals surface area contributed by atoms with Crippen molar-refractivity contribution in [3.63, 3.8) is 0 Å². The number of esters is 1. The van der Waals surface area contributed by atoms with Crippen molar-refractivity contribution in [2.45, 2.75) is 6.92 Å². The molecule has 6 nitrogen and oxygen atoms in total. The van der Waals surface area contributed by atoms with Crippen LogP contribution in [0.3, 0.4) is 0 Å². The van der Waals surface area contributed by atoms with Gasteiger partial charge in [0.25, 0.3) is 5.91 Å². The van der Waals surface area contributed by atoms with Crippen LogP contribution in [0.15, 0.2) is 29.3 Å². The molecule has 0 aromatic heterocycles. The molecule has 1 N–H and O–H groups in total. The van der Waals surface area contributed by atoms with Gasteiger partial charge in [-0.25, -0.2) is 4.79 Å². The molecule has 120 valence electrons. The standard InChI is InChI=1S/C15H18BrNO5/c1-4-6-17-13(18)9-22-15(19)10-7-11(16)14(21-5-2)12(8-10)20-3/h4,7-8H,1,5-6,9H2,2-3H3,(H,17,18). The number of carbonyl (C=O) groups is 2. The minimum Gasteiger partial charge on any atom is -0.493 e. The van der Waals surface area contributed by atoms with Gasteiger partial charge in [0.1, 0.15) is 0 Å². The van der Waals surface area contributed by atoms with E-state index in [0.717, 1.165) is 0 Å². The lowest BCUT2D eigenvalue weighted by Crippen LogP contribution is -2.28. The topological polar surface area (TPSA) is 73.9 Å². The maximum absolute atomic E-state index is 12.0. The number of hydrogen-bond acceptors (Lipinski definition) is 5. The molecule has 0 aliphatic heterocycles. The first-order valence-corrected chi connectivity index (χ1v) is 7.37.